The molecule has 1 aromatic heterocycles. The maximum Gasteiger partial charge on any atom is 0.237 e. The first-order valence-corrected chi connectivity index (χ1v) is 5.07. The summed E-state index contributed by atoms with van der Waals surface area (Å²) >= 11 is 0. The van der Waals surface area contributed by atoms with E-state index in [9.17, 15) is 4.79 Å². The van der Waals surface area contributed by atoms with E-state index in [1.54, 1.807) is 10.9 Å². The molecule has 1 aromatic rings. The quantitative estimate of drug-likeness (QED) is 0.739. The zero-order chi connectivity index (χ0) is 11.4. The predicted octanol–water partition coefficient (Wildman–Crippen LogP) is 0.0820. The molecular formula is C10H18N4O. The third-order valence-electron chi connectivity index (χ3n) is 2.57. The molecule has 84 valence electrons. The molecule has 0 unspecified atom stereocenters. The van der Waals surface area contributed by atoms with Crippen molar-refractivity contribution < 1.29 is 4.79 Å². The van der Waals surface area contributed by atoms with Gasteiger partial charge in [0.25, 0.3) is 0 Å². The van der Waals surface area contributed by atoms with Crippen LogP contribution >= 0.6 is 0 Å². The fourth-order valence-electron chi connectivity index (χ4n) is 1.22. The Hall–Kier alpha value is -1.36. The third kappa shape index (κ3) is 2.79. The summed E-state index contributed by atoms with van der Waals surface area (Å²) in [5, 5.41) is 6.88. The Bertz CT molecular complexity index is 345. The maximum absolute atomic E-state index is 11.4. The number of carbonyl (C=O) groups is 1. The second kappa shape index (κ2) is 4.93. The first-order chi connectivity index (χ1) is 7.06. The molecule has 0 spiro atoms. The minimum atomic E-state index is -0.415. The average molecular weight is 210 g/mol. The van der Waals surface area contributed by atoms with Crippen LogP contribution in [0.3, 0.4) is 0 Å². The van der Waals surface area contributed by atoms with E-state index in [0.717, 1.165) is 11.3 Å². The molecule has 5 nitrogen and oxygen atoms in total. The molecule has 0 fully saturated rings. The summed E-state index contributed by atoms with van der Waals surface area (Å²) in [6.45, 7) is 4.35. The van der Waals surface area contributed by atoms with Gasteiger partial charge in [0.2, 0.25) is 5.91 Å². The highest BCUT2D eigenvalue weighted by Gasteiger charge is 2.11. The van der Waals surface area contributed by atoms with Gasteiger partial charge in [0, 0.05) is 24.8 Å². The lowest BCUT2D eigenvalue weighted by Crippen LogP contribution is -2.39. The van der Waals surface area contributed by atoms with Crippen LogP contribution in [0.25, 0.3) is 0 Å². The first-order valence-electron chi connectivity index (χ1n) is 5.07. The monoisotopic (exact) mass is 210 g/mol. The Labute approximate surface area is 89.6 Å². The van der Waals surface area contributed by atoms with Crippen molar-refractivity contribution in [1.82, 2.24) is 15.1 Å². The van der Waals surface area contributed by atoms with Crippen molar-refractivity contribution in [3.05, 3.63) is 17.5 Å². The van der Waals surface area contributed by atoms with Gasteiger partial charge in [-0.05, 0) is 13.3 Å². The van der Waals surface area contributed by atoms with E-state index in [0.29, 0.717) is 13.0 Å². The molecule has 1 heterocycles. The number of rotatable bonds is 4. The molecule has 0 saturated carbocycles. The van der Waals surface area contributed by atoms with E-state index < -0.39 is 6.04 Å². The Morgan fingerprint density at radius 2 is 2.40 bits per heavy atom. The number of nitrogens with one attached hydrogen (secondary N) is 1. The predicted molar refractivity (Wildman–Crippen MR) is 58.1 cm³/mol. The second-order valence-corrected chi connectivity index (χ2v) is 3.61. The van der Waals surface area contributed by atoms with Crippen LogP contribution in [0, 0.1) is 6.92 Å². The van der Waals surface area contributed by atoms with Gasteiger partial charge in [0.05, 0.1) is 12.2 Å². The minimum Gasteiger partial charge on any atom is -0.351 e. The average Bonchev–Trinajstić information content (AvgIpc) is 2.55. The van der Waals surface area contributed by atoms with Crippen molar-refractivity contribution in [2.75, 3.05) is 0 Å². The maximum atomic E-state index is 11.4. The van der Waals surface area contributed by atoms with Gasteiger partial charge in [-0.15, -0.1) is 0 Å². The van der Waals surface area contributed by atoms with Crippen LogP contribution in [-0.4, -0.2) is 21.7 Å². The Morgan fingerprint density at radius 3 is 2.87 bits per heavy atom. The zero-order valence-electron chi connectivity index (χ0n) is 9.45. The van der Waals surface area contributed by atoms with Crippen molar-refractivity contribution in [3.63, 3.8) is 0 Å². The van der Waals surface area contributed by atoms with Gasteiger partial charge in [-0.25, -0.2) is 0 Å². The van der Waals surface area contributed by atoms with Gasteiger partial charge in [0.1, 0.15) is 0 Å². The molecule has 1 atom stereocenters. The standard InChI is InChI=1S/C10H18N4O/c1-4-9(11)10(15)12-5-8-6-13-14(3)7(8)2/h6,9H,4-5,11H2,1-3H3,(H,12,15)/t9-/m0/s1. The Kier molecular flexibility index (Phi) is 3.85. The largest absolute Gasteiger partial charge is 0.351 e. The molecule has 0 bridgehead atoms. The third-order valence-corrected chi connectivity index (χ3v) is 2.57. The summed E-state index contributed by atoms with van der Waals surface area (Å²) in [4.78, 5) is 11.4. The number of hydrogen-bond acceptors (Lipinski definition) is 3. The van der Waals surface area contributed by atoms with E-state index in [2.05, 4.69) is 10.4 Å². The molecule has 1 amide bonds. The molecule has 1 rings (SSSR count). The molecule has 0 aromatic carbocycles. The number of nitrogens with two attached hydrogens (primary N) is 1. The number of aryl methyl sites for hydroxylation is 1. The SMILES string of the molecule is CC[C@H](N)C(=O)NCc1cnn(C)c1C. The fraction of sp³-hybridized carbons (Fsp3) is 0.600. The van der Waals surface area contributed by atoms with Crippen LogP contribution in [0.15, 0.2) is 6.20 Å². The topological polar surface area (TPSA) is 72.9 Å². The first kappa shape index (κ1) is 11.7. The van der Waals surface area contributed by atoms with Crippen LogP contribution in [0.2, 0.25) is 0 Å². The molecule has 5 heteroatoms. The smallest absolute Gasteiger partial charge is 0.237 e. The summed E-state index contributed by atoms with van der Waals surface area (Å²) in [6.07, 6.45) is 2.41. The lowest BCUT2D eigenvalue weighted by atomic mass is 10.2. The molecule has 3 N–H and O–H groups in total. The number of aromatic nitrogens is 2. The van der Waals surface area contributed by atoms with E-state index >= 15 is 0 Å². The lowest BCUT2D eigenvalue weighted by molar-refractivity contribution is -0.122. The van der Waals surface area contributed by atoms with E-state index in [1.807, 2.05) is 20.9 Å². The number of amides is 1. The van der Waals surface area contributed by atoms with Crippen LogP contribution in [0.5, 0.6) is 0 Å². The highest BCUT2D eigenvalue weighted by molar-refractivity contribution is 5.81. The van der Waals surface area contributed by atoms with Gasteiger partial charge in [-0.3, -0.25) is 9.48 Å². The van der Waals surface area contributed by atoms with E-state index in [4.69, 9.17) is 5.73 Å². The number of hydrogen-bond donors (Lipinski definition) is 2. The molecule has 0 radical (unpaired) electrons. The van der Waals surface area contributed by atoms with Crippen LogP contribution in [0.4, 0.5) is 0 Å². The molecule has 0 aliphatic rings. The summed E-state index contributed by atoms with van der Waals surface area (Å²) in [5.74, 6) is -0.110. The van der Waals surface area contributed by atoms with Gasteiger partial charge in [-0.1, -0.05) is 6.92 Å². The summed E-state index contributed by atoms with van der Waals surface area (Å²) in [7, 11) is 1.87. The highest BCUT2D eigenvalue weighted by atomic mass is 16.2. The van der Waals surface area contributed by atoms with Crippen LogP contribution in [0.1, 0.15) is 24.6 Å². The molecule has 0 saturated heterocycles. The summed E-state index contributed by atoms with van der Waals surface area (Å²) in [5.41, 5.74) is 7.67. The van der Waals surface area contributed by atoms with Crippen molar-refractivity contribution >= 4 is 5.91 Å². The van der Waals surface area contributed by atoms with Gasteiger partial charge in [0.15, 0.2) is 0 Å². The van der Waals surface area contributed by atoms with Crippen molar-refractivity contribution in [2.45, 2.75) is 32.9 Å². The van der Waals surface area contributed by atoms with Crippen LogP contribution < -0.4 is 11.1 Å². The van der Waals surface area contributed by atoms with E-state index in [-0.39, 0.29) is 5.91 Å². The zero-order valence-corrected chi connectivity index (χ0v) is 9.45. The molecule has 0 aliphatic carbocycles. The van der Waals surface area contributed by atoms with Crippen LogP contribution in [-0.2, 0) is 18.4 Å². The molecule has 15 heavy (non-hydrogen) atoms. The van der Waals surface area contributed by atoms with Gasteiger partial charge >= 0.3 is 0 Å². The second-order valence-electron chi connectivity index (χ2n) is 3.61. The Morgan fingerprint density at radius 1 is 1.73 bits per heavy atom. The lowest BCUT2D eigenvalue weighted by Gasteiger charge is -2.09. The Balaban J connectivity index is 2.51. The van der Waals surface area contributed by atoms with Crippen molar-refractivity contribution in [3.8, 4) is 0 Å². The molecule has 0 aliphatic heterocycles. The van der Waals surface area contributed by atoms with Gasteiger partial charge < -0.3 is 11.1 Å². The fourth-order valence-corrected chi connectivity index (χ4v) is 1.22. The molecular weight excluding hydrogens is 192 g/mol. The minimum absolute atomic E-state index is 0.110. The van der Waals surface area contributed by atoms with Crippen molar-refractivity contribution in [2.24, 2.45) is 12.8 Å². The summed E-state index contributed by atoms with van der Waals surface area (Å²) in [6, 6.07) is -0.415. The van der Waals surface area contributed by atoms with E-state index in [1.165, 1.54) is 0 Å². The normalized spacial score (nSPS) is 12.5. The number of carbonyl (C=O) groups excluding carboxylic acids is 1. The van der Waals surface area contributed by atoms with Gasteiger partial charge in [-0.2, -0.15) is 5.10 Å². The summed E-state index contributed by atoms with van der Waals surface area (Å²) < 4.78 is 1.78. The highest BCUT2D eigenvalue weighted by Crippen LogP contribution is 2.04. The number of nitrogens with zero attached hydrogens (tertiary/aromatic N) is 2. The van der Waals surface area contributed by atoms with Crippen molar-refractivity contribution in [1.29, 1.82) is 0 Å².